The van der Waals surface area contributed by atoms with Crippen LogP contribution >= 0.6 is 0 Å². The predicted octanol–water partition coefficient (Wildman–Crippen LogP) is 1.12. The summed E-state index contributed by atoms with van der Waals surface area (Å²) >= 11 is 0. The van der Waals surface area contributed by atoms with Gasteiger partial charge in [-0.2, -0.15) is 0 Å². The number of nitrogens with zero attached hydrogens (tertiary/aromatic N) is 2. The Morgan fingerprint density at radius 1 is 1.21 bits per heavy atom. The van der Waals surface area contributed by atoms with E-state index in [1.807, 2.05) is 37.5 Å². The molecule has 204 valence electrons. The standard InChI is InChI=1S/C28H31F2N2O5.BrH/c1-20-31(13-14-32(20)18-21-8-9-24-25(16-21)37-19-36-24)12-5-15-35-26(33)28(34,22-6-3-2-4-7-22)23-10-11-27(29,30)17-23;/h2-4,6-9,13-14,16,23,34H,5,10-12,15,17-19H2,1H3;1H/q+1;/p-1/t23-,28+;/m1./s1. The fourth-order valence-corrected chi connectivity index (χ4v) is 5.21. The normalized spacial score (nSPS) is 19.0. The Bertz CT molecular complexity index is 1270. The number of carbonyl (C=O) groups excluding carboxylic acids is 1. The molecule has 2 heterocycles. The van der Waals surface area contributed by atoms with E-state index in [1.165, 1.54) is 0 Å². The fraction of sp³-hybridized carbons (Fsp3) is 0.429. The van der Waals surface area contributed by atoms with Crippen LogP contribution in [0.5, 0.6) is 11.5 Å². The third kappa shape index (κ3) is 5.71. The highest BCUT2D eigenvalue weighted by Crippen LogP contribution is 2.47. The molecule has 0 saturated heterocycles. The van der Waals surface area contributed by atoms with Crippen molar-refractivity contribution in [2.24, 2.45) is 5.92 Å². The molecule has 0 unspecified atom stereocenters. The van der Waals surface area contributed by atoms with Crippen LogP contribution in [0.4, 0.5) is 8.78 Å². The Hall–Kier alpha value is -2.98. The summed E-state index contributed by atoms with van der Waals surface area (Å²) in [6.07, 6.45) is 3.63. The number of alkyl halides is 2. The van der Waals surface area contributed by atoms with Crippen molar-refractivity contribution in [3.8, 4) is 11.5 Å². The lowest BCUT2D eigenvalue weighted by Crippen LogP contribution is -3.00. The minimum atomic E-state index is -2.89. The molecule has 0 amide bonds. The Morgan fingerprint density at radius 2 is 1.97 bits per heavy atom. The maximum Gasteiger partial charge on any atom is 0.343 e. The topological polar surface area (TPSA) is 73.8 Å². The van der Waals surface area contributed by atoms with E-state index in [4.69, 9.17) is 14.2 Å². The summed E-state index contributed by atoms with van der Waals surface area (Å²) in [4.78, 5) is 13.1. The molecular weight excluding hydrogens is 562 g/mol. The molecule has 1 aliphatic heterocycles. The molecule has 5 rings (SSSR count). The number of halogens is 3. The molecule has 2 atom stereocenters. The minimum Gasteiger partial charge on any atom is -1.00 e. The first-order chi connectivity index (χ1) is 17.8. The van der Waals surface area contributed by atoms with Crippen molar-refractivity contribution >= 4 is 5.97 Å². The molecule has 0 spiro atoms. The Morgan fingerprint density at radius 3 is 2.71 bits per heavy atom. The van der Waals surface area contributed by atoms with Crippen LogP contribution in [-0.4, -0.2) is 35.0 Å². The average Bonchev–Trinajstić information content (AvgIpc) is 3.60. The van der Waals surface area contributed by atoms with E-state index in [-0.39, 0.29) is 48.8 Å². The van der Waals surface area contributed by atoms with E-state index < -0.39 is 29.8 Å². The first-order valence-electron chi connectivity index (χ1n) is 12.5. The third-order valence-electron chi connectivity index (χ3n) is 7.34. The molecule has 3 aromatic rings. The summed E-state index contributed by atoms with van der Waals surface area (Å²) in [7, 11) is 0. The van der Waals surface area contributed by atoms with Gasteiger partial charge in [0.25, 0.3) is 5.82 Å². The number of aromatic nitrogens is 2. The summed E-state index contributed by atoms with van der Waals surface area (Å²) < 4.78 is 48.4. The van der Waals surface area contributed by atoms with E-state index in [2.05, 4.69) is 9.13 Å². The number of aryl methyl sites for hydroxylation is 1. The molecule has 0 bridgehead atoms. The van der Waals surface area contributed by atoms with Gasteiger partial charge in [-0.3, -0.25) is 0 Å². The van der Waals surface area contributed by atoms with Crippen LogP contribution in [-0.2, 0) is 28.2 Å². The molecule has 7 nitrogen and oxygen atoms in total. The van der Waals surface area contributed by atoms with Crippen molar-refractivity contribution in [2.45, 2.75) is 57.2 Å². The molecule has 1 aromatic heterocycles. The molecule has 1 saturated carbocycles. The highest BCUT2D eigenvalue weighted by Gasteiger charge is 2.54. The van der Waals surface area contributed by atoms with Gasteiger partial charge in [0.15, 0.2) is 17.1 Å². The van der Waals surface area contributed by atoms with E-state index in [0.29, 0.717) is 19.5 Å². The summed E-state index contributed by atoms with van der Waals surface area (Å²) in [5.74, 6) is -2.15. The number of hydrogen-bond acceptors (Lipinski definition) is 5. The SMILES string of the molecule is Cc1n(CCCOC(=O)[C@](O)(c2ccccc2)[C@@H]2CCC(F)(F)C2)cc[n+]1Cc1ccc2c(c1)OCO2.[Br-]. The highest BCUT2D eigenvalue weighted by molar-refractivity contribution is 5.81. The van der Waals surface area contributed by atoms with E-state index in [9.17, 15) is 18.7 Å². The second-order valence-electron chi connectivity index (χ2n) is 9.77. The van der Waals surface area contributed by atoms with Gasteiger partial charge in [0.2, 0.25) is 12.7 Å². The van der Waals surface area contributed by atoms with Crippen molar-refractivity contribution in [3.05, 3.63) is 77.9 Å². The zero-order valence-corrected chi connectivity index (χ0v) is 22.7. The number of aliphatic hydroxyl groups is 1. The lowest BCUT2D eigenvalue weighted by atomic mass is 9.80. The van der Waals surface area contributed by atoms with Crippen molar-refractivity contribution < 1.29 is 54.4 Å². The zero-order valence-electron chi connectivity index (χ0n) is 21.1. The van der Waals surface area contributed by atoms with E-state index >= 15 is 0 Å². The van der Waals surface area contributed by atoms with Gasteiger partial charge in [-0.05, 0) is 29.7 Å². The second-order valence-corrected chi connectivity index (χ2v) is 9.77. The number of carbonyl (C=O) groups is 1. The number of fused-ring (bicyclic) bond motifs is 1. The molecule has 1 aliphatic carbocycles. The summed E-state index contributed by atoms with van der Waals surface area (Å²) in [6.45, 7) is 3.57. The van der Waals surface area contributed by atoms with Crippen LogP contribution in [0.2, 0.25) is 0 Å². The van der Waals surface area contributed by atoms with E-state index in [0.717, 1.165) is 22.9 Å². The van der Waals surface area contributed by atoms with Crippen molar-refractivity contribution in [1.29, 1.82) is 0 Å². The van der Waals surface area contributed by atoms with Crippen molar-refractivity contribution in [1.82, 2.24) is 4.57 Å². The number of imidazole rings is 1. The Labute approximate surface area is 230 Å². The third-order valence-corrected chi connectivity index (χ3v) is 7.34. The fourth-order valence-electron chi connectivity index (χ4n) is 5.21. The minimum absolute atomic E-state index is 0. The molecule has 2 aliphatic rings. The van der Waals surface area contributed by atoms with Gasteiger partial charge >= 0.3 is 5.97 Å². The maximum absolute atomic E-state index is 14.0. The number of hydrogen-bond donors (Lipinski definition) is 1. The quantitative estimate of drug-likeness (QED) is 0.229. The molecule has 38 heavy (non-hydrogen) atoms. The molecule has 2 aromatic carbocycles. The van der Waals surface area contributed by atoms with Crippen LogP contribution in [0.15, 0.2) is 60.9 Å². The Balaban J connectivity index is 0.00000336. The smallest absolute Gasteiger partial charge is 0.343 e. The lowest BCUT2D eigenvalue weighted by molar-refractivity contribution is -0.694. The molecular formula is C28H31BrF2N2O5. The first kappa shape index (κ1) is 28.0. The number of benzene rings is 2. The van der Waals surface area contributed by atoms with Crippen LogP contribution in [0.3, 0.4) is 0 Å². The summed E-state index contributed by atoms with van der Waals surface area (Å²) in [6, 6.07) is 14.1. The molecule has 10 heteroatoms. The highest BCUT2D eigenvalue weighted by atomic mass is 79.9. The molecule has 1 fully saturated rings. The van der Waals surface area contributed by atoms with Crippen LogP contribution in [0.1, 0.15) is 42.6 Å². The number of esters is 1. The lowest BCUT2D eigenvalue weighted by Gasteiger charge is -2.32. The first-order valence-corrected chi connectivity index (χ1v) is 12.5. The molecule has 1 N–H and O–H groups in total. The van der Waals surface area contributed by atoms with Crippen molar-refractivity contribution in [2.75, 3.05) is 13.4 Å². The monoisotopic (exact) mass is 592 g/mol. The van der Waals surface area contributed by atoms with Crippen molar-refractivity contribution in [3.63, 3.8) is 0 Å². The van der Waals surface area contributed by atoms with Gasteiger partial charge in [-0.1, -0.05) is 36.4 Å². The Kier molecular flexibility index (Phi) is 8.42. The number of ether oxygens (including phenoxy) is 3. The van der Waals surface area contributed by atoms with E-state index in [1.54, 1.807) is 30.3 Å². The average molecular weight is 593 g/mol. The summed E-state index contributed by atoms with van der Waals surface area (Å²) in [5.41, 5.74) is -0.728. The maximum atomic E-state index is 14.0. The molecule has 0 radical (unpaired) electrons. The largest absolute Gasteiger partial charge is 1.00 e. The predicted molar refractivity (Wildman–Crippen MR) is 129 cm³/mol. The van der Waals surface area contributed by atoms with Gasteiger partial charge in [-0.25, -0.2) is 22.7 Å². The van der Waals surface area contributed by atoms with Gasteiger partial charge in [0.05, 0.1) is 13.2 Å². The summed E-state index contributed by atoms with van der Waals surface area (Å²) in [5, 5.41) is 11.4. The van der Waals surface area contributed by atoms with Gasteiger partial charge in [-0.15, -0.1) is 0 Å². The van der Waals surface area contributed by atoms with Gasteiger partial charge in [0, 0.05) is 32.1 Å². The van der Waals surface area contributed by atoms with Crippen LogP contribution < -0.4 is 31.0 Å². The van der Waals surface area contributed by atoms with Crippen LogP contribution in [0, 0.1) is 12.8 Å². The number of rotatable bonds is 9. The zero-order chi connectivity index (χ0) is 26.0. The van der Waals surface area contributed by atoms with Gasteiger partial charge in [0.1, 0.15) is 18.9 Å². The van der Waals surface area contributed by atoms with Gasteiger partial charge < -0.3 is 36.3 Å². The second kappa shape index (κ2) is 11.4. The van der Waals surface area contributed by atoms with Crippen LogP contribution in [0.25, 0.3) is 0 Å².